The summed E-state index contributed by atoms with van der Waals surface area (Å²) in [6, 6.07) is 9.56. The number of hydrogen-bond donors (Lipinski definition) is 0. The van der Waals surface area contributed by atoms with Crippen LogP contribution in [0.15, 0.2) is 30.3 Å². The van der Waals surface area contributed by atoms with Crippen LogP contribution >= 0.6 is 0 Å². The first kappa shape index (κ1) is 11.3. The molecule has 18 heavy (non-hydrogen) atoms. The highest BCUT2D eigenvalue weighted by Crippen LogP contribution is 2.38. The fraction of sp³-hybridized carbons (Fsp3) is 0.429. The summed E-state index contributed by atoms with van der Waals surface area (Å²) < 4.78 is 5.20. The maximum atomic E-state index is 11.9. The molecule has 0 radical (unpaired) electrons. The van der Waals surface area contributed by atoms with Gasteiger partial charge >= 0.3 is 6.09 Å². The van der Waals surface area contributed by atoms with Gasteiger partial charge in [-0.25, -0.2) is 9.69 Å². The van der Waals surface area contributed by atoms with E-state index in [4.69, 9.17) is 4.74 Å². The smallest absolute Gasteiger partial charge is 0.417 e. The Morgan fingerprint density at radius 2 is 2.06 bits per heavy atom. The van der Waals surface area contributed by atoms with E-state index in [1.54, 1.807) is 0 Å². The van der Waals surface area contributed by atoms with Gasteiger partial charge in [0.25, 0.3) is 0 Å². The summed E-state index contributed by atoms with van der Waals surface area (Å²) in [5.74, 6) is 0.00332. The standard InChI is InChI=1S/C14H15NO3/c16-13-11-6-7-12(8-11)15(13)14(17)18-9-10-4-2-1-3-5-10/h1-5,11-12H,6-9H2. The van der Waals surface area contributed by atoms with E-state index in [0.717, 1.165) is 24.8 Å². The van der Waals surface area contributed by atoms with Gasteiger partial charge in [-0.2, -0.15) is 0 Å². The minimum atomic E-state index is -0.490. The first-order valence-electron chi connectivity index (χ1n) is 6.29. The molecule has 2 fully saturated rings. The van der Waals surface area contributed by atoms with Gasteiger partial charge in [-0.05, 0) is 24.8 Å². The number of benzene rings is 1. The number of amides is 2. The second-order valence-corrected chi connectivity index (χ2v) is 4.91. The number of rotatable bonds is 2. The van der Waals surface area contributed by atoms with Crippen LogP contribution in [0.1, 0.15) is 24.8 Å². The Bertz CT molecular complexity index is 471. The molecular weight excluding hydrogens is 230 g/mol. The van der Waals surface area contributed by atoms with Crippen molar-refractivity contribution < 1.29 is 14.3 Å². The molecule has 0 N–H and O–H groups in total. The molecule has 0 aromatic heterocycles. The van der Waals surface area contributed by atoms with E-state index in [9.17, 15) is 9.59 Å². The topological polar surface area (TPSA) is 46.6 Å². The van der Waals surface area contributed by atoms with Gasteiger partial charge in [0.15, 0.2) is 0 Å². The third-order valence-corrected chi connectivity index (χ3v) is 3.76. The molecule has 4 nitrogen and oxygen atoms in total. The summed E-state index contributed by atoms with van der Waals surface area (Å²) in [5.41, 5.74) is 0.933. The van der Waals surface area contributed by atoms with Crippen LogP contribution in [0.5, 0.6) is 0 Å². The van der Waals surface area contributed by atoms with E-state index in [1.807, 2.05) is 30.3 Å². The van der Waals surface area contributed by atoms with E-state index >= 15 is 0 Å². The lowest BCUT2D eigenvalue weighted by molar-refractivity contribution is -0.132. The number of likely N-dealkylation sites (tertiary alicyclic amines) is 1. The summed E-state index contributed by atoms with van der Waals surface area (Å²) in [5, 5.41) is 0. The highest BCUT2D eigenvalue weighted by atomic mass is 16.6. The van der Waals surface area contributed by atoms with Crippen molar-refractivity contribution in [1.29, 1.82) is 0 Å². The Labute approximate surface area is 106 Å². The summed E-state index contributed by atoms with van der Waals surface area (Å²) in [4.78, 5) is 25.1. The van der Waals surface area contributed by atoms with Crippen LogP contribution in [0.2, 0.25) is 0 Å². The van der Waals surface area contributed by atoms with Crippen LogP contribution in [0.25, 0.3) is 0 Å². The number of hydrogen-bond acceptors (Lipinski definition) is 3. The van der Waals surface area contributed by atoms with Crippen LogP contribution < -0.4 is 0 Å². The van der Waals surface area contributed by atoms with Gasteiger partial charge in [0.2, 0.25) is 5.91 Å². The molecule has 2 atom stereocenters. The lowest BCUT2D eigenvalue weighted by atomic mass is 10.1. The van der Waals surface area contributed by atoms with E-state index in [-0.39, 0.29) is 24.5 Å². The van der Waals surface area contributed by atoms with Crippen molar-refractivity contribution in [2.45, 2.75) is 31.9 Å². The molecule has 1 saturated carbocycles. The summed E-state index contributed by atoms with van der Waals surface area (Å²) in [6.45, 7) is 0.223. The predicted octanol–water partition coefficient (Wildman–Crippen LogP) is 2.33. The first-order valence-corrected chi connectivity index (χ1v) is 6.29. The number of piperidine rings is 1. The molecule has 2 bridgehead atoms. The normalized spacial score (nSPS) is 25.6. The molecule has 1 aliphatic carbocycles. The highest BCUT2D eigenvalue weighted by Gasteiger charge is 2.48. The van der Waals surface area contributed by atoms with E-state index in [1.165, 1.54) is 4.90 Å². The predicted molar refractivity (Wildman–Crippen MR) is 64.6 cm³/mol. The zero-order chi connectivity index (χ0) is 12.5. The van der Waals surface area contributed by atoms with Crippen molar-refractivity contribution in [3.63, 3.8) is 0 Å². The molecule has 2 amide bonds. The van der Waals surface area contributed by atoms with Crippen LogP contribution in [-0.2, 0) is 16.1 Å². The molecular formula is C14H15NO3. The molecule has 2 unspecified atom stereocenters. The lowest BCUT2D eigenvalue weighted by Gasteiger charge is -2.24. The van der Waals surface area contributed by atoms with Crippen LogP contribution in [-0.4, -0.2) is 22.9 Å². The number of carbonyl (C=O) groups is 2. The number of imide groups is 1. The zero-order valence-electron chi connectivity index (χ0n) is 10.0. The van der Waals surface area contributed by atoms with Crippen molar-refractivity contribution in [1.82, 2.24) is 4.90 Å². The first-order chi connectivity index (χ1) is 8.75. The second-order valence-electron chi connectivity index (χ2n) is 4.91. The fourth-order valence-corrected chi connectivity index (χ4v) is 2.82. The minimum absolute atomic E-state index is 0.0516. The van der Waals surface area contributed by atoms with Gasteiger partial charge in [0.05, 0.1) is 0 Å². The van der Waals surface area contributed by atoms with Crippen molar-refractivity contribution in [2.75, 3.05) is 0 Å². The number of ether oxygens (including phenoxy) is 1. The molecule has 4 heteroatoms. The van der Waals surface area contributed by atoms with Gasteiger partial charge in [-0.1, -0.05) is 30.3 Å². The molecule has 1 aromatic carbocycles. The molecule has 0 spiro atoms. The maximum Gasteiger partial charge on any atom is 0.417 e. The van der Waals surface area contributed by atoms with Crippen LogP contribution in [0.3, 0.4) is 0 Å². The summed E-state index contributed by atoms with van der Waals surface area (Å²) >= 11 is 0. The SMILES string of the molecule is O=C(OCc1ccccc1)N1C(=O)C2CCC1C2. The molecule has 3 rings (SSSR count). The van der Waals surface area contributed by atoms with Crippen molar-refractivity contribution in [3.05, 3.63) is 35.9 Å². The Kier molecular flexibility index (Phi) is 2.78. The Balaban J connectivity index is 1.61. The molecule has 2 aliphatic rings. The third kappa shape index (κ3) is 1.88. The van der Waals surface area contributed by atoms with Crippen molar-refractivity contribution >= 4 is 12.0 Å². The fourth-order valence-electron chi connectivity index (χ4n) is 2.82. The molecule has 1 heterocycles. The largest absolute Gasteiger partial charge is 0.444 e. The molecule has 1 aromatic rings. The molecule has 1 aliphatic heterocycles. The average molecular weight is 245 g/mol. The zero-order valence-corrected chi connectivity index (χ0v) is 10.0. The Hall–Kier alpha value is -1.84. The van der Waals surface area contributed by atoms with E-state index in [2.05, 4.69) is 0 Å². The molecule has 1 saturated heterocycles. The second kappa shape index (κ2) is 4.44. The van der Waals surface area contributed by atoms with Crippen molar-refractivity contribution in [3.8, 4) is 0 Å². The van der Waals surface area contributed by atoms with Gasteiger partial charge < -0.3 is 4.74 Å². The van der Waals surface area contributed by atoms with Crippen LogP contribution in [0.4, 0.5) is 4.79 Å². The minimum Gasteiger partial charge on any atom is -0.444 e. The molecule has 94 valence electrons. The highest BCUT2D eigenvalue weighted by molar-refractivity contribution is 5.96. The van der Waals surface area contributed by atoms with E-state index in [0.29, 0.717) is 0 Å². The van der Waals surface area contributed by atoms with Gasteiger partial charge in [0.1, 0.15) is 6.61 Å². The average Bonchev–Trinajstić information content (AvgIpc) is 2.98. The van der Waals surface area contributed by atoms with Crippen LogP contribution in [0, 0.1) is 5.92 Å². The number of carbonyl (C=O) groups excluding carboxylic acids is 2. The lowest BCUT2D eigenvalue weighted by Crippen LogP contribution is -2.42. The Morgan fingerprint density at radius 1 is 1.28 bits per heavy atom. The maximum absolute atomic E-state index is 11.9. The van der Waals surface area contributed by atoms with Crippen molar-refractivity contribution in [2.24, 2.45) is 5.92 Å². The third-order valence-electron chi connectivity index (χ3n) is 3.76. The monoisotopic (exact) mass is 245 g/mol. The quantitative estimate of drug-likeness (QED) is 0.803. The van der Waals surface area contributed by atoms with Gasteiger partial charge in [-0.15, -0.1) is 0 Å². The number of fused-ring (bicyclic) bond motifs is 2. The summed E-state index contributed by atoms with van der Waals surface area (Å²) in [7, 11) is 0. The van der Waals surface area contributed by atoms with E-state index < -0.39 is 6.09 Å². The van der Waals surface area contributed by atoms with Gasteiger partial charge in [-0.3, -0.25) is 4.79 Å². The Morgan fingerprint density at radius 3 is 2.72 bits per heavy atom. The number of nitrogens with zero attached hydrogens (tertiary/aromatic N) is 1. The summed E-state index contributed by atoms with van der Waals surface area (Å²) in [6.07, 6.45) is 2.18. The van der Waals surface area contributed by atoms with Gasteiger partial charge in [0, 0.05) is 12.0 Å².